The summed E-state index contributed by atoms with van der Waals surface area (Å²) in [6.45, 7) is 1.89. The Morgan fingerprint density at radius 2 is 2.29 bits per heavy atom. The van der Waals surface area contributed by atoms with E-state index in [1.165, 1.54) is 11.1 Å². The van der Waals surface area contributed by atoms with Crippen LogP contribution < -0.4 is 5.32 Å². The highest BCUT2D eigenvalue weighted by molar-refractivity contribution is 5.85. The molecule has 0 radical (unpaired) electrons. The van der Waals surface area contributed by atoms with Gasteiger partial charge in [0.15, 0.2) is 0 Å². The molecule has 4 nitrogen and oxygen atoms in total. The number of furan rings is 1. The van der Waals surface area contributed by atoms with Gasteiger partial charge < -0.3 is 9.73 Å². The van der Waals surface area contributed by atoms with E-state index in [-0.39, 0.29) is 12.4 Å². The zero-order chi connectivity index (χ0) is 11.2. The molecular formula is C12H18ClN3O. The normalized spacial score (nSPS) is 10.2. The van der Waals surface area contributed by atoms with Gasteiger partial charge in [0.05, 0.1) is 18.7 Å². The van der Waals surface area contributed by atoms with E-state index in [1.807, 2.05) is 24.0 Å². The first-order valence-corrected chi connectivity index (χ1v) is 5.54. The Labute approximate surface area is 107 Å². The van der Waals surface area contributed by atoms with Crippen molar-refractivity contribution in [2.24, 2.45) is 7.05 Å². The predicted octanol–water partition coefficient (Wildman–Crippen LogP) is 2.16. The Morgan fingerprint density at radius 1 is 1.41 bits per heavy atom. The van der Waals surface area contributed by atoms with Crippen LogP contribution in [-0.2, 0) is 20.0 Å². The highest BCUT2D eigenvalue weighted by Gasteiger charge is 1.96. The summed E-state index contributed by atoms with van der Waals surface area (Å²) >= 11 is 0. The lowest BCUT2D eigenvalue weighted by Crippen LogP contribution is -2.14. The standard InChI is InChI=1S/C12H17N3O.ClH/c1-15-9-11(8-14-15)3-2-5-13-7-12-4-6-16-10-12;/h4,6,8-10,13H,2-3,5,7H2,1H3;1H. The second-order valence-electron chi connectivity index (χ2n) is 3.93. The zero-order valence-corrected chi connectivity index (χ0v) is 10.7. The van der Waals surface area contributed by atoms with Crippen LogP contribution in [-0.4, -0.2) is 16.3 Å². The molecule has 17 heavy (non-hydrogen) atoms. The highest BCUT2D eigenvalue weighted by atomic mass is 35.5. The molecule has 0 unspecified atom stereocenters. The molecule has 0 spiro atoms. The van der Waals surface area contributed by atoms with Gasteiger partial charge in [-0.1, -0.05) is 0 Å². The summed E-state index contributed by atoms with van der Waals surface area (Å²) in [6, 6.07) is 1.98. The van der Waals surface area contributed by atoms with Crippen molar-refractivity contribution in [3.05, 3.63) is 42.1 Å². The number of hydrogen-bond acceptors (Lipinski definition) is 3. The lowest BCUT2D eigenvalue weighted by atomic mass is 10.2. The van der Waals surface area contributed by atoms with Crippen molar-refractivity contribution >= 4 is 12.4 Å². The second-order valence-corrected chi connectivity index (χ2v) is 3.93. The number of aryl methyl sites for hydroxylation is 2. The molecule has 2 aromatic heterocycles. The van der Waals surface area contributed by atoms with Crippen LogP contribution in [0, 0.1) is 0 Å². The van der Waals surface area contributed by atoms with E-state index in [1.54, 1.807) is 12.5 Å². The number of nitrogens with zero attached hydrogens (tertiary/aromatic N) is 2. The van der Waals surface area contributed by atoms with E-state index in [4.69, 9.17) is 4.42 Å². The second kappa shape index (κ2) is 7.14. The number of hydrogen-bond donors (Lipinski definition) is 1. The van der Waals surface area contributed by atoms with Crippen molar-refractivity contribution < 1.29 is 4.42 Å². The zero-order valence-electron chi connectivity index (χ0n) is 9.93. The first kappa shape index (κ1) is 13.8. The van der Waals surface area contributed by atoms with E-state index in [2.05, 4.69) is 16.6 Å². The molecule has 0 atom stereocenters. The summed E-state index contributed by atoms with van der Waals surface area (Å²) in [5.41, 5.74) is 2.49. The van der Waals surface area contributed by atoms with Gasteiger partial charge in [0.2, 0.25) is 0 Å². The molecule has 0 aliphatic heterocycles. The smallest absolute Gasteiger partial charge is 0.0947 e. The van der Waals surface area contributed by atoms with Gasteiger partial charge in [-0.2, -0.15) is 5.10 Å². The van der Waals surface area contributed by atoms with Crippen LogP contribution in [0.5, 0.6) is 0 Å². The maximum Gasteiger partial charge on any atom is 0.0947 e. The fraction of sp³-hybridized carbons (Fsp3) is 0.417. The largest absolute Gasteiger partial charge is 0.472 e. The molecule has 0 saturated carbocycles. The lowest BCUT2D eigenvalue weighted by Gasteiger charge is -2.01. The molecule has 0 saturated heterocycles. The molecular weight excluding hydrogens is 238 g/mol. The van der Waals surface area contributed by atoms with Crippen molar-refractivity contribution in [3.8, 4) is 0 Å². The molecule has 94 valence electrons. The van der Waals surface area contributed by atoms with E-state index >= 15 is 0 Å². The quantitative estimate of drug-likeness (QED) is 0.805. The van der Waals surface area contributed by atoms with Crippen LogP contribution in [0.1, 0.15) is 17.5 Å². The van der Waals surface area contributed by atoms with Gasteiger partial charge in [0.25, 0.3) is 0 Å². The Kier molecular flexibility index (Phi) is 5.80. The lowest BCUT2D eigenvalue weighted by molar-refractivity contribution is 0.559. The van der Waals surface area contributed by atoms with Crippen molar-refractivity contribution in [3.63, 3.8) is 0 Å². The topological polar surface area (TPSA) is 43.0 Å². The average molecular weight is 256 g/mol. The number of rotatable bonds is 6. The summed E-state index contributed by atoms with van der Waals surface area (Å²) in [6.07, 6.45) is 9.67. The SMILES string of the molecule is Cl.Cn1cc(CCCNCc2ccoc2)cn1. The molecule has 2 heterocycles. The first-order chi connectivity index (χ1) is 7.84. The van der Waals surface area contributed by atoms with E-state index in [0.29, 0.717) is 0 Å². The molecule has 2 rings (SSSR count). The van der Waals surface area contributed by atoms with Gasteiger partial charge >= 0.3 is 0 Å². The highest BCUT2D eigenvalue weighted by Crippen LogP contribution is 2.01. The maximum atomic E-state index is 4.99. The maximum absolute atomic E-state index is 4.99. The van der Waals surface area contributed by atoms with Crippen molar-refractivity contribution in [1.82, 2.24) is 15.1 Å². The first-order valence-electron chi connectivity index (χ1n) is 5.54. The van der Waals surface area contributed by atoms with Crippen LogP contribution in [0.4, 0.5) is 0 Å². The summed E-state index contributed by atoms with van der Waals surface area (Å²) in [7, 11) is 1.95. The van der Waals surface area contributed by atoms with Gasteiger partial charge in [0, 0.05) is 25.4 Å². The van der Waals surface area contributed by atoms with Gasteiger partial charge in [-0.15, -0.1) is 12.4 Å². The number of aromatic nitrogens is 2. The van der Waals surface area contributed by atoms with E-state index in [0.717, 1.165) is 25.9 Å². The average Bonchev–Trinajstić information content (AvgIpc) is 2.89. The van der Waals surface area contributed by atoms with Crippen LogP contribution in [0.2, 0.25) is 0 Å². The van der Waals surface area contributed by atoms with Crippen LogP contribution >= 0.6 is 12.4 Å². The molecule has 5 heteroatoms. The Hall–Kier alpha value is -1.26. The molecule has 0 amide bonds. The van der Waals surface area contributed by atoms with Gasteiger partial charge in [-0.25, -0.2) is 0 Å². The van der Waals surface area contributed by atoms with Crippen molar-refractivity contribution in [2.75, 3.05) is 6.54 Å². The van der Waals surface area contributed by atoms with Crippen LogP contribution in [0.3, 0.4) is 0 Å². The third-order valence-corrected chi connectivity index (χ3v) is 2.49. The number of nitrogens with one attached hydrogen (secondary N) is 1. The molecule has 0 aliphatic carbocycles. The van der Waals surface area contributed by atoms with Crippen LogP contribution in [0.25, 0.3) is 0 Å². The third kappa shape index (κ3) is 4.63. The summed E-state index contributed by atoms with van der Waals surface area (Å²) in [4.78, 5) is 0. The Balaban J connectivity index is 0.00000144. The minimum Gasteiger partial charge on any atom is -0.472 e. The molecule has 0 bridgehead atoms. The fourth-order valence-electron chi connectivity index (χ4n) is 1.64. The minimum absolute atomic E-state index is 0. The molecule has 2 aromatic rings. The summed E-state index contributed by atoms with van der Waals surface area (Å²) < 4.78 is 6.83. The monoisotopic (exact) mass is 255 g/mol. The molecule has 1 N–H and O–H groups in total. The van der Waals surface area contributed by atoms with Gasteiger partial charge in [0.1, 0.15) is 0 Å². The Bertz CT molecular complexity index is 411. The van der Waals surface area contributed by atoms with E-state index < -0.39 is 0 Å². The van der Waals surface area contributed by atoms with Gasteiger partial charge in [-0.3, -0.25) is 4.68 Å². The van der Waals surface area contributed by atoms with Crippen molar-refractivity contribution in [1.29, 1.82) is 0 Å². The third-order valence-electron chi connectivity index (χ3n) is 2.49. The molecule has 0 aliphatic rings. The van der Waals surface area contributed by atoms with Gasteiger partial charge in [-0.05, 0) is 31.0 Å². The predicted molar refractivity (Wildman–Crippen MR) is 69.2 cm³/mol. The Morgan fingerprint density at radius 3 is 2.94 bits per heavy atom. The number of halogens is 1. The minimum atomic E-state index is 0. The van der Waals surface area contributed by atoms with E-state index in [9.17, 15) is 0 Å². The summed E-state index contributed by atoms with van der Waals surface area (Å²) in [5.74, 6) is 0. The van der Waals surface area contributed by atoms with Crippen molar-refractivity contribution in [2.45, 2.75) is 19.4 Å². The molecule has 0 fully saturated rings. The fourth-order valence-corrected chi connectivity index (χ4v) is 1.64. The summed E-state index contributed by atoms with van der Waals surface area (Å²) in [5, 5.41) is 7.52. The van der Waals surface area contributed by atoms with Crippen LogP contribution in [0.15, 0.2) is 35.4 Å². The molecule has 0 aromatic carbocycles.